The number of carboxylic acids is 1. The van der Waals surface area contributed by atoms with Gasteiger partial charge in [0, 0.05) is 6.54 Å². The Morgan fingerprint density at radius 2 is 2.28 bits per heavy atom. The molecule has 1 heterocycles. The molecule has 1 aliphatic rings. The zero-order chi connectivity index (χ0) is 12.9. The normalized spacial score (nSPS) is 22.3. The molecule has 2 aromatic rings. The van der Waals surface area contributed by atoms with Crippen molar-refractivity contribution in [3.63, 3.8) is 0 Å². The monoisotopic (exact) mass is 244 g/mol. The van der Waals surface area contributed by atoms with Gasteiger partial charge in [0.05, 0.1) is 16.6 Å². The summed E-state index contributed by atoms with van der Waals surface area (Å²) in [7, 11) is 0. The Balaban J connectivity index is 2.03. The molecule has 1 N–H and O–H groups in total. The van der Waals surface area contributed by atoms with E-state index in [-0.39, 0.29) is 0 Å². The lowest BCUT2D eigenvalue weighted by molar-refractivity contribution is 0.0697. The third kappa shape index (κ3) is 1.78. The van der Waals surface area contributed by atoms with Crippen molar-refractivity contribution in [3.8, 4) is 0 Å². The summed E-state index contributed by atoms with van der Waals surface area (Å²) in [4.78, 5) is 15.4. The molecule has 2 unspecified atom stereocenters. The standard InChI is InChI=1S/C14H16N2O2/c1-8-5-11(8)7-16-9(2)15-12-6-10(14(17)18)3-4-13(12)16/h3-4,6,8,11H,5,7H2,1-2H3,(H,17,18). The minimum atomic E-state index is -0.903. The van der Waals surface area contributed by atoms with E-state index >= 15 is 0 Å². The van der Waals surface area contributed by atoms with Gasteiger partial charge in [0.15, 0.2) is 0 Å². The number of aromatic nitrogens is 2. The minimum Gasteiger partial charge on any atom is -0.478 e. The van der Waals surface area contributed by atoms with Crippen LogP contribution in [-0.4, -0.2) is 20.6 Å². The van der Waals surface area contributed by atoms with Gasteiger partial charge in [-0.15, -0.1) is 0 Å². The molecule has 2 atom stereocenters. The third-order valence-electron chi connectivity index (χ3n) is 3.88. The van der Waals surface area contributed by atoms with Crippen molar-refractivity contribution in [2.45, 2.75) is 26.8 Å². The quantitative estimate of drug-likeness (QED) is 0.903. The molecular weight excluding hydrogens is 228 g/mol. The van der Waals surface area contributed by atoms with Crippen LogP contribution in [0.3, 0.4) is 0 Å². The molecule has 18 heavy (non-hydrogen) atoms. The molecule has 1 aliphatic carbocycles. The second-order valence-corrected chi connectivity index (χ2v) is 5.25. The van der Waals surface area contributed by atoms with Gasteiger partial charge in [-0.2, -0.15) is 0 Å². The van der Waals surface area contributed by atoms with Gasteiger partial charge in [-0.25, -0.2) is 9.78 Å². The number of carboxylic acid groups (broad SMARTS) is 1. The van der Waals surface area contributed by atoms with Crippen LogP contribution < -0.4 is 0 Å². The first kappa shape index (κ1) is 11.3. The Labute approximate surface area is 105 Å². The fourth-order valence-corrected chi connectivity index (χ4v) is 2.50. The molecular formula is C14H16N2O2. The molecule has 4 heteroatoms. The second kappa shape index (κ2) is 3.83. The highest BCUT2D eigenvalue weighted by atomic mass is 16.4. The molecule has 0 radical (unpaired) electrons. The molecule has 0 saturated heterocycles. The lowest BCUT2D eigenvalue weighted by Crippen LogP contribution is -2.03. The van der Waals surface area contributed by atoms with Gasteiger partial charge in [0.2, 0.25) is 0 Å². The van der Waals surface area contributed by atoms with Gasteiger partial charge in [0.25, 0.3) is 0 Å². The van der Waals surface area contributed by atoms with Crippen LogP contribution in [0.25, 0.3) is 11.0 Å². The van der Waals surface area contributed by atoms with Crippen molar-refractivity contribution < 1.29 is 9.90 Å². The van der Waals surface area contributed by atoms with Crippen LogP contribution in [0.4, 0.5) is 0 Å². The number of aryl methyl sites for hydroxylation is 1. The highest BCUT2D eigenvalue weighted by Gasteiger charge is 2.33. The molecule has 3 rings (SSSR count). The predicted molar refractivity (Wildman–Crippen MR) is 68.7 cm³/mol. The van der Waals surface area contributed by atoms with E-state index in [2.05, 4.69) is 16.5 Å². The number of nitrogens with zero attached hydrogens (tertiary/aromatic N) is 2. The van der Waals surface area contributed by atoms with Gasteiger partial charge in [0.1, 0.15) is 5.82 Å². The first-order chi connectivity index (χ1) is 8.56. The van der Waals surface area contributed by atoms with Crippen molar-refractivity contribution in [2.75, 3.05) is 0 Å². The number of hydrogen-bond acceptors (Lipinski definition) is 2. The molecule has 1 aromatic carbocycles. The van der Waals surface area contributed by atoms with Crippen molar-refractivity contribution in [2.24, 2.45) is 11.8 Å². The number of carbonyl (C=O) groups is 1. The van der Waals surface area contributed by atoms with E-state index < -0.39 is 5.97 Å². The van der Waals surface area contributed by atoms with Crippen LogP contribution >= 0.6 is 0 Å². The predicted octanol–water partition coefficient (Wildman–Crippen LogP) is 2.70. The van der Waals surface area contributed by atoms with Crippen molar-refractivity contribution in [3.05, 3.63) is 29.6 Å². The highest BCUT2D eigenvalue weighted by Crippen LogP contribution is 2.39. The molecule has 1 aromatic heterocycles. The summed E-state index contributed by atoms with van der Waals surface area (Å²) in [5.41, 5.74) is 2.12. The fraction of sp³-hybridized carbons (Fsp3) is 0.429. The fourth-order valence-electron chi connectivity index (χ4n) is 2.50. The Morgan fingerprint density at radius 3 is 2.89 bits per heavy atom. The molecule has 1 fully saturated rings. The van der Waals surface area contributed by atoms with Crippen LogP contribution in [0.5, 0.6) is 0 Å². The van der Waals surface area contributed by atoms with Crippen LogP contribution in [0.15, 0.2) is 18.2 Å². The van der Waals surface area contributed by atoms with E-state index in [1.807, 2.05) is 13.0 Å². The third-order valence-corrected chi connectivity index (χ3v) is 3.88. The number of rotatable bonds is 3. The van der Waals surface area contributed by atoms with Gasteiger partial charge in [-0.3, -0.25) is 0 Å². The Bertz CT molecular complexity index is 630. The summed E-state index contributed by atoms with van der Waals surface area (Å²) in [5.74, 6) is 1.62. The summed E-state index contributed by atoms with van der Waals surface area (Å²) in [6.45, 7) is 5.24. The number of fused-ring (bicyclic) bond motifs is 1. The molecule has 0 spiro atoms. The average Bonchev–Trinajstić information content (AvgIpc) is 2.92. The Morgan fingerprint density at radius 1 is 1.56 bits per heavy atom. The topological polar surface area (TPSA) is 55.1 Å². The summed E-state index contributed by atoms with van der Waals surface area (Å²) >= 11 is 0. The molecule has 0 amide bonds. The maximum atomic E-state index is 10.9. The Kier molecular flexibility index (Phi) is 2.40. The zero-order valence-electron chi connectivity index (χ0n) is 10.6. The summed E-state index contributed by atoms with van der Waals surface area (Å²) in [5, 5.41) is 8.98. The van der Waals surface area contributed by atoms with Crippen LogP contribution in [0.1, 0.15) is 29.5 Å². The average molecular weight is 244 g/mol. The molecule has 94 valence electrons. The van der Waals surface area contributed by atoms with E-state index in [0.29, 0.717) is 5.56 Å². The maximum Gasteiger partial charge on any atom is 0.335 e. The molecule has 1 saturated carbocycles. The zero-order valence-corrected chi connectivity index (χ0v) is 10.6. The largest absolute Gasteiger partial charge is 0.478 e. The number of hydrogen-bond donors (Lipinski definition) is 1. The van der Waals surface area contributed by atoms with Crippen molar-refractivity contribution in [1.82, 2.24) is 9.55 Å². The van der Waals surface area contributed by atoms with E-state index in [1.165, 1.54) is 6.42 Å². The number of aromatic carboxylic acids is 1. The van der Waals surface area contributed by atoms with Gasteiger partial charge >= 0.3 is 5.97 Å². The number of imidazole rings is 1. The van der Waals surface area contributed by atoms with Crippen molar-refractivity contribution >= 4 is 17.0 Å². The van der Waals surface area contributed by atoms with Crippen LogP contribution in [-0.2, 0) is 6.54 Å². The lowest BCUT2D eigenvalue weighted by atomic mass is 10.2. The first-order valence-electron chi connectivity index (χ1n) is 6.26. The summed E-state index contributed by atoms with van der Waals surface area (Å²) in [6.07, 6.45) is 1.28. The molecule has 0 bridgehead atoms. The van der Waals surface area contributed by atoms with E-state index in [0.717, 1.165) is 35.2 Å². The van der Waals surface area contributed by atoms with Gasteiger partial charge < -0.3 is 9.67 Å². The molecule has 4 nitrogen and oxygen atoms in total. The van der Waals surface area contributed by atoms with Crippen molar-refractivity contribution in [1.29, 1.82) is 0 Å². The summed E-state index contributed by atoms with van der Waals surface area (Å²) < 4.78 is 2.20. The second-order valence-electron chi connectivity index (χ2n) is 5.25. The minimum absolute atomic E-state index is 0.298. The van der Waals surface area contributed by atoms with E-state index in [9.17, 15) is 4.79 Å². The SMILES string of the molecule is Cc1nc2cc(C(=O)O)ccc2n1CC1CC1C. The summed E-state index contributed by atoms with van der Waals surface area (Å²) in [6, 6.07) is 5.17. The highest BCUT2D eigenvalue weighted by molar-refractivity contribution is 5.92. The van der Waals surface area contributed by atoms with E-state index in [1.54, 1.807) is 12.1 Å². The smallest absolute Gasteiger partial charge is 0.335 e. The van der Waals surface area contributed by atoms with Gasteiger partial charge in [-0.1, -0.05) is 6.92 Å². The lowest BCUT2D eigenvalue weighted by Gasteiger charge is -2.05. The van der Waals surface area contributed by atoms with E-state index in [4.69, 9.17) is 5.11 Å². The first-order valence-corrected chi connectivity index (χ1v) is 6.26. The Hall–Kier alpha value is -1.84. The van der Waals surface area contributed by atoms with Crippen LogP contribution in [0, 0.1) is 18.8 Å². The molecule has 0 aliphatic heterocycles. The number of benzene rings is 1. The maximum absolute atomic E-state index is 10.9. The van der Waals surface area contributed by atoms with Crippen LogP contribution in [0.2, 0.25) is 0 Å². The van der Waals surface area contributed by atoms with Gasteiger partial charge in [-0.05, 0) is 43.4 Å².